The van der Waals surface area contributed by atoms with E-state index in [1.807, 2.05) is 18.3 Å². The van der Waals surface area contributed by atoms with Gasteiger partial charge in [0.25, 0.3) is 0 Å². The highest BCUT2D eigenvalue weighted by Crippen LogP contribution is 2.21. The molecule has 0 aliphatic carbocycles. The minimum atomic E-state index is -0.333. The summed E-state index contributed by atoms with van der Waals surface area (Å²) in [6.45, 7) is 0. The molecule has 0 aliphatic rings. The fraction of sp³-hybridized carbons (Fsp3) is 0. The number of hydrogen-bond donors (Lipinski definition) is 0. The zero-order valence-corrected chi connectivity index (χ0v) is 10.2. The third-order valence-electron chi connectivity index (χ3n) is 2.54. The number of halogens is 2. The Hall–Kier alpha value is -1.75. The van der Waals surface area contributed by atoms with Gasteiger partial charge >= 0.3 is 0 Å². The van der Waals surface area contributed by atoms with E-state index in [0.717, 1.165) is 10.9 Å². The Bertz CT molecular complexity index is 693. The van der Waals surface area contributed by atoms with Crippen LogP contribution in [-0.2, 0) is 0 Å². The van der Waals surface area contributed by atoms with Gasteiger partial charge in [0.15, 0.2) is 0 Å². The Labute approximate surface area is 105 Å². The predicted octanol–water partition coefficient (Wildman–Crippen LogP) is 3.32. The largest absolute Gasteiger partial charge is 0.300 e. The van der Waals surface area contributed by atoms with E-state index in [1.54, 1.807) is 17.0 Å². The van der Waals surface area contributed by atoms with Crippen LogP contribution in [-0.4, -0.2) is 14.5 Å². The van der Waals surface area contributed by atoms with Gasteiger partial charge in [-0.3, -0.25) is 9.55 Å². The second-order valence-electron chi connectivity index (χ2n) is 3.58. The lowest BCUT2D eigenvalue weighted by molar-refractivity contribution is 0.617. The van der Waals surface area contributed by atoms with Crippen LogP contribution in [0, 0.1) is 5.82 Å². The van der Waals surface area contributed by atoms with Gasteiger partial charge in [0, 0.05) is 30.0 Å². The molecule has 3 nitrogen and oxygen atoms in total. The van der Waals surface area contributed by atoms with E-state index in [0.29, 0.717) is 10.3 Å². The van der Waals surface area contributed by atoms with Crippen molar-refractivity contribution in [3.05, 3.63) is 53.3 Å². The molecule has 0 aliphatic heterocycles. The van der Waals surface area contributed by atoms with Crippen molar-refractivity contribution in [1.82, 2.24) is 14.5 Å². The van der Waals surface area contributed by atoms with E-state index in [-0.39, 0.29) is 5.82 Å². The lowest BCUT2D eigenvalue weighted by atomic mass is 10.3. The van der Waals surface area contributed by atoms with Crippen LogP contribution in [0.2, 0.25) is 0 Å². The van der Waals surface area contributed by atoms with Gasteiger partial charge < -0.3 is 0 Å². The summed E-state index contributed by atoms with van der Waals surface area (Å²) in [5.74, 6) is 0.203. The van der Waals surface area contributed by atoms with Crippen molar-refractivity contribution in [2.24, 2.45) is 0 Å². The van der Waals surface area contributed by atoms with Crippen LogP contribution in [0.15, 0.2) is 47.5 Å². The second-order valence-corrected chi connectivity index (χ2v) is 4.43. The zero-order valence-electron chi connectivity index (χ0n) is 8.64. The minimum Gasteiger partial charge on any atom is -0.300 e. The molecule has 0 unspecified atom stereocenters. The molecule has 0 amide bonds. The number of rotatable bonds is 1. The van der Waals surface area contributed by atoms with E-state index in [4.69, 9.17) is 0 Å². The summed E-state index contributed by atoms with van der Waals surface area (Å²) < 4.78 is 15.6. The molecular formula is C12H7BrFN3. The van der Waals surface area contributed by atoms with Gasteiger partial charge in [-0.25, -0.2) is 9.37 Å². The van der Waals surface area contributed by atoms with Crippen molar-refractivity contribution < 1.29 is 4.39 Å². The molecule has 17 heavy (non-hydrogen) atoms. The van der Waals surface area contributed by atoms with Crippen molar-refractivity contribution in [3.8, 4) is 5.82 Å². The number of fused-ring (bicyclic) bond motifs is 1. The molecule has 3 aromatic heterocycles. The third-order valence-corrected chi connectivity index (χ3v) is 3.12. The highest BCUT2D eigenvalue weighted by atomic mass is 79.9. The van der Waals surface area contributed by atoms with Gasteiger partial charge in [-0.15, -0.1) is 0 Å². The average Bonchev–Trinajstić information content (AvgIpc) is 2.76. The second kappa shape index (κ2) is 3.92. The zero-order chi connectivity index (χ0) is 11.8. The molecule has 84 valence electrons. The fourth-order valence-electron chi connectivity index (χ4n) is 1.71. The van der Waals surface area contributed by atoms with Gasteiger partial charge in [0.1, 0.15) is 11.6 Å². The molecule has 0 saturated heterocycles. The molecule has 0 fully saturated rings. The summed E-state index contributed by atoms with van der Waals surface area (Å²) >= 11 is 3.08. The predicted molar refractivity (Wildman–Crippen MR) is 66.5 cm³/mol. The molecule has 0 spiro atoms. The monoisotopic (exact) mass is 291 g/mol. The molecule has 3 rings (SSSR count). The topological polar surface area (TPSA) is 30.7 Å². The molecule has 3 heterocycles. The maximum atomic E-state index is 13.5. The van der Waals surface area contributed by atoms with Crippen LogP contribution in [0.25, 0.3) is 16.7 Å². The lowest BCUT2D eigenvalue weighted by Gasteiger charge is -2.04. The van der Waals surface area contributed by atoms with E-state index in [9.17, 15) is 4.39 Å². The Kier molecular flexibility index (Phi) is 2.40. The summed E-state index contributed by atoms with van der Waals surface area (Å²) in [5.41, 5.74) is 0.904. The van der Waals surface area contributed by atoms with E-state index >= 15 is 0 Å². The number of pyridine rings is 2. The van der Waals surface area contributed by atoms with Gasteiger partial charge in [0.2, 0.25) is 0 Å². The third kappa shape index (κ3) is 1.72. The first-order chi connectivity index (χ1) is 8.25. The standard InChI is InChI=1S/C12H7BrFN3/c13-9-6-16-12(5-10(9)14)17-4-2-8-1-3-15-7-11(8)17/h1-7H. The fourth-order valence-corrected chi connectivity index (χ4v) is 1.93. The van der Waals surface area contributed by atoms with Gasteiger partial charge in [-0.2, -0.15) is 0 Å². The Morgan fingerprint density at radius 1 is 1.24 bits per heavy atom. The summed E-state index contributed by atoms with van der Waals surface area (Å²) in [7, 11) is 0. The van der Waals surface area contributed by atoms with E-state index in [2.05, 4.69) is 25.9 Å². The lowest BCUT2D eigenvalue weighted by Crippen LogP contribution is -1.97. The maximum absolute atomic E-state index is 13.5. The Balaban J connectivity index is 2.24. The first-order valence-electron chi connectivity index (χ1n) is 4.98. The van der Waals surface area contributed by atoms with Crippen LogP contribution >= 0.6 is 15.9 Å². The highest BCUT2D eigenvalue weighted by molar-refractivity contribution is 9.10. The van der Waals surface area contributed by atoms with E-state index < -0.39 is 0 Å². The minimum absolute atomic E-state index is 0.333. The first kappa shape index (κ1) is 10.4. The van der Waals surface area contributed by atoms with Crippen molar-refractivity contribution in [3.63, 3.8) is 0 Å². The summed E-state index contributed by atoms with van der Waals surface area (Å²) in [6, 6.07) is 5.23. The van der Waals surface area contributed by atoms with Crippen molar-refractivity contribution in [2.45, 2.75) is 0 Å². The SMILES string of the molecule is Fc1cc(-n2ccc3ccncc32)ncc1Br. The highest BCUT2D eigenvalue weighted by Gasteiger charge is 2.07. The number of nitrogens with zero attached hydrogens (tertiary/aromatic N) is 3. The van der Waals surface area contributed by atoms with Crippen LogP contribution in [0.1, 0.15) is 0 Å². The van der Waals surface area contributed by atoms with Crippen LogP contribution in [0.5, 0.6) is 0 Å². The van der Waals surface area contributed by atoms with Crippen molar-refractivity contribution in [2.75, 3.05) is 0 Å². The van der Waals surface area contributed by atoms with Gasteiger partial charge in [-0.05, 0) is 28.1 Å². The maximum Gasteiger partial charge on any atom is 0.142 e. The molecule has 0 N–H and O–H groups in total. The van der Waals surface area contributed by atoms with Gasteiger partial charge in [0.05, 0.1) is 16.2 Å². The summed E-state index contributed by atoms with van der Waals surface area (Å²) in [4.78, 5) is 8.24. The average molecular weight is 292 g/mol. The molecule has 0 aromatic carbocycles. The summed E-state index contributed by atoms with van der Waals surface area (Å²) in [5, 5.41) is 1.05. The Morgan fingerprint density at radius 2 is 2.12 bits per heavy atom. The smallest absolute Gasteiger partial charge is 0.142 e. The number of aromatic nitrogens is 3. The van der Waals surface area contributed by atoms with Crippen LogP contribution in [0.3, 0.4) is 0 Å². The molecule has 0 bridgehead atoms. The molecule has 5 heteroatoms. The first-order valence-corrected chi connectivity index (χ1v) is 5.77. The van der Waals surface area contributed by atoms with Crippen molar-refractivity contribution in [1.29, 1.82) is 0 Å². The van der Waals surface area contributed by atoms with Crippen LogP contribution in [0.4, 0.5) is 4.39 Å². The summed E-state index contributed by atoms with van der Waals surface area (Å²) in [6.07, 6.45) is 6.76. The molecule has 0 atom stereocenters. The normalized spacial score (nSPS) is 10.9. The van der Waals surface area contributed by atoms with Crippen LogP contribution < -0.4 is 0 Å². The molecular weight excluding hydrogens is 285 g/mol. The van der Waals surface area contributed by atoms with Crippen molar-refractivity contribution >= 4 is 26.8 Å². The Morgan fingerprint density at radius 3 is 2.94 bits per heavy atom. The quantitative estimate of drug-likeness (QED) is 0.689. The molecule has 3 aromatic rings. The van der Waals surface area contributed by atoms with Gasteiger partial charge in [-0.1, -0.05) is 0 Å². The number of hydrogen-bond acceptors (Lipinski definition) is 2. The van der Waals surface area contributed by atoms with E-state index in [1.165, 1.54) is 12.3 Å². The molecule has 0 saturated carbocycles. The molecule has 0 radical (unpaired) electrons.